The fourth-order valence-corrected chi connectivity index (χ4v) is 1.45. The third-order valence-corrected chi connectivity index (χ3v) is 2.52. The smallest absolute Gasteiger partial charge is 0.327 e. The van der Waals surface area contributed by atoms with Gasteiger partial charge < -0.3 is 10.4 Å². The van der Waals surface area contributed by atoms with E-state index in [4.69, 9.17) is 5.11 Å². The van der Waals surface area contributed by atoms with Crippen LogP contribution in [-0.2, 0) is 16.1 Å². The quantitative estimate of drug-likeness (QED) is 0.440. The third-order valence-electron chi connectivity index (χ3n) is 2.03. The lowest BCUT2D eigenvalue weighted by Gasteiger charge is -2.08. The van der Waals surface area contributed by atoms with Gasteiger partial charge in [-0.15, -0.1) is 0 Å². The average Bonchev–Trinajstić information content (AvgIpc) is 2.44. The summed E-state index contributed by atoms with van der Waals surface area (Å²) in [7, 11) is 0. The Labute approximate surface area is 128 Å². The SMILES string of the molecule is CC(=O)NC(CS)C(=O)O.S=C=NCc1ccccc1. The molecule has 1 amide bonds. The standard InChI is InChI=1S/C8H7NS.C5H9NO3S/c10-7-9-6-8-4-2-1-3-5-8;1-3(7)6-4(2-10)5(8)9/h1-5H,6H2;4,10H,2H2,1H3,(H,6,7)(H,8,9). The highest BCUT2D eigenvalue weighted by Crippen LogP contribution is 1.98. The summed E-state index contributed by atoms with van der Waals surface area (Å²) in [6, 6.07) is 9.08. The molecule has 0 aromatic heterocycles. The van der Waals surface area contributed by atoms with Gasteiger partial charge in [0.05, 0.1) is 11.7 Å². The van der Waals surface area contributed by atoms with E-state index < -0.39 is 12.0 Å². The third kappa shape index (κ3) is 9.27. The molecule has 2 N–H and O–H groups in total. The average molecular weight is 312 g/mol. The number of hydrogen-bond donors (Lipinski definition) is 3. The van der Waals surface area contributed by atoms with E-state index >= 15 is 0 Å². The lowest BCUT2D eigenvalue weighted by atomic mass is 10.2. The molecule has 108 valence electrons. The van der Waals surface area contributed by atoms with E-state index in [0.29, 0.717) is 6.54 Å². The fraction of sp³-hybridized carbons (Fsp3) is 0.308. The Balaban J connectivity index is 0.000000361. The fourth-order valence-electron chi connectivity index (χ4n) is 1.14. The minimum Gasteiger partial charge on any atom is -0.480 e. The molecule has 0 bridgehead atoms. The number of aliphatic carboxylic acids is 1. The number of carbonyl (C=O) groups is 2. The minimum absolute atomic E-state index is 0.106. The topological polar surface area (TPSA) is 78.8 Å². The summed E-state index contributed by atoms with van der Waals surface area (Å²) in [5.74, 6) is -1.32. The number of amides is 1. The van der Waals surface area contributed by atoms with Gasteiger partial charge in [0.2, 0.25) is 5.91 Å². The van der Waals surface area contributed by atoms with E-state index in [0.717, 1.165) is 0 Å². The summed E-state index contributed by atoms with van der Waals surface area (Å²) in [4.78, 5) is 24.3. The Morgan fingerprint density at radius 3 is 2.40 bits per heavy atom. The van der Waals surface area contributed by atoms with Crippen molar-refractivity contribution in [3.8, 4) is 0 Å². The Morgan fingerprint density at radius 2 is 2.05 bits per heavy atom. The van der Waals surface area contributed by atoms with E-state index in [1.165, 1.54) is 12.5 Å². The van der Waals surface area contributed by atoms with Gasteiger partial charge in [0.25, 0.3) is 0 Å². The van der Waals surface area contributed by atoms with Gasteiger partial charge in [0, 0.05) is 12.7 Å². The number of rotatable bonds is 5. The number of carbonyl (C=O) groups excluding carboxylic acids is 1. The molecule has 0 radical (unpaired) electrons. The van der Waals surface area contributed by atoms with E-state index in [9.17, 15) is 9.59 Å². The van der Waals surface area contributed by atoms with Crippen LogP contribution in [0.4, 0.5) is 0 Å². The highest BCUT2D eigenvalue weighted by Gasteiger charge is 2.15. The van der Waals surface area contributed by atoms with Crippen LogP contribution in [0.3, 0.4) is 0 Å². The number of nitrogens with zero attached hydrogens (tertiary/aromatic N) is 1. The first-order chi connectivity index (χ1) is 9.51. The number of aliphatic imine (C=N–C) groups is 1. The monoisotopic (exact) mass is 312 g/mol. The zero-order valence-corrected chi connectivity index (χ0v) is 12.7. The first-order valence-corrected chi connectivity index (χ1v) is 6.73. The molecule has 0 saturated carbocycles. The normalized spacial score (nSPS) is 10.3. The lowest BCUT2D eigenvalue weighted by molar-refractivity contribution is -0.140. The number of thiocarbonyl (C=S) groups is 1. The van der Waals surface area contributed by atoms with Crippen LogP contribution in [0, 0.1) is 0 Å². The predicted molar refractivity (Wildman–Crippen MR) is 84.3 cm³/mol. The second kappa shape index (κ2) is 11.2. The molecular formula is C13H16N2O3S2. The van der Waals surface area contributed by atoms with Gasteiger partial charge in [-0.25, -0.2) is 9.79 Å². The second-order valence-corrected chi connectivity index (χ2v) is 4.21. The molecule has 1 unspecified atom stereocenters. The number of carboxylic acids is 1. The highest BCUT2D eigenvalue weighted by atomic mass is 32.1. The summed E-state index contributed by atoms with van der Waals surface area (Å²) < 4.78 is 0. The van der Waals surface area contributed by atoms with Gasteiger partial charge >= 0.3 is 5.97 Å². The van der Waals surface area contributed by atoms with Crippen molar-refractivity contribution < 1.29 is 14.7 Å². The summed E-state index contributed by atoms with van der Waals surface area (Å²) in [6.07, 6.45) is 0. The molecule has 1 aromatic carbocycles. The molecule has 1 atom stereocenters. The van der Waals surface area contributed by atoms with E-state index in [2.05, 4.69) is 40.3 Å². The van der Waals surface area contributed by atoms with E-state index in [-0.39, 0.29) is 11.7 Å². The van der Waals surface area contributed by atoms with Crippen molar-refractivity contribution in [3.63, 3.8) is 0 Å². The van der Waals surface area contributed by atoms with Crippen molar-refractivity contribution in [2.75, 3.05) is 5.75 Å². The van der Waals surface area contributed by atoms with Crippen LogP contribution in [0.25, 0.3) is 0 Å². The molecule has 1 aromatic rings. The largest absolute Gasteiger partial charge is 0.480 e. The van der Waals surface area contributed by atoms with Crippen LogP contribution >= 0.6 is 24.8 Å². The zero-order valence-electron chi connectivity index (χ0n) is 10.9. The van der Waals surface area contributed by atoms with Gasteiger partial charge in [-0.05, 0) is 17.8 Å². The van der Waals surface area contributed by atoms with Gasteiger partial charge in [-0.1, -0.05) is 30.3 Å². The lowest BCUT2D eigenvalue weighted by Crippen LogP contribution is -2.40. The maximum Gasteiger partial charge on any atom is 0.327 e. The zero-order chi connectivity index (χ0) is 15.4. The minimum atomic E-state index is -1.06. The molecule has 0 fully saturated rings. The van der Waals surface area contributed by atoms with Crippen molar-refractivity contribution >= 4 is 41.9 Å². The second-order valence-electron chi connectivity index (χ2n) is 3.67. The number of benzene rings is 1. The first kappa shape index (κ1) is 18.3. The Morgan fingerprint density at radius 1 is 1.45 bits per heavy atom. The Hall–Kier alpha value is -1.69. The van der Waals surface area contributed by atoms with Gasteiger partial charge in [0.15, 0.2) is 0 Å². The summed E-state index contributed by atoms with van der Waals surface area (Å²) >= 11 is 8.17. The highest BCUT2D eigenvalue weighted by molar-refractivity contribution is 7.80. The predicted octanol–water partition coefficient (Wildman–Crippen LogP) is 1.79. The number of nitrogens with one attached hydrogen (secondary N) is 1. The molecule has 0 saturated heterocycles. The van der Waals surface area contributed by atoms with Crippen LogP contribution in [0.1, 0.15) is 12.5 Å². The molecule has 0 heterocycles. The van der Waals surface area contributed by atoms with Crippen molar-refractivity contribution in [1.82, 2.24) is 5.32 Å². The van der Waals surface area contributed by atoms with Crippen LogP contribution < -0.4 is 5.32 Å². The maximum atomic E-state index is 10.3. The van der Waals surface area contributed by atoms with E-state index in [1.807, 2.05) is 30.3 Å². The molecule has 1 rings (SSSR count). The summed E-state index contributed by atoms with van der Waals surface area (Å²) in [6.45, 7) is 1.91. The molecular weight excluding hydrogens is 296 g/mol. The van der Waals surface area contributed by atoms with Crippen molar-refractivity contribution in [2.45, 2.75) is 19.5 Å². The van der Waals surface area contributed by atoms with Gasteiger partial charge in [-0.2, -0.15) is 12.6 Å². The number of thiol groups is 1. The number of hydrogen-bond acceptors (Lipinski definition) is 5. The van der Waals surface area contributed by atoms with Crippen LogP contribution in [0.15, 0.2) is 35.3 Å². The Bertz CT molecular complexity index is 474. The number of carboxylic acid groups (broad SMARTS) is 1. The maximum absolute atomic E-state index is 10.3. The number of isothiocyanates is 1. The molecule has 20 heavy (non-hydrogen) atoms. The van der Waals surface area contributed by atoms with Crippen molar-refractivity contribution in [3.05, 3.63) is 35.9 Å². The van der Waals surface area contributed by atoms with Crippen molar-refractivity contribution in [1.29, 1.82) is 0 Å². The summed E-state index contributed by atoms with van der Waals surface area (Å²) in [5, 5.41) is 12.9. The van der Waals surface area contributed by atoms with Gasteiger partial charge in [-0.3, -0.25) is 4.79 Å². The Kier molecular flexibility index (Phi) is 10.2. The van der Waals surface area contributed by atoms with Gasteiger partial charge in [0.1, 0.15) is 6.04 Å². The summed E-state index contributed by atoms with van der Waals surface area (Å²) in [5.41, 5.74) is 1.17. The van der Waals surface area contributed by atoms with E-state index in [1.54, 1.807) is 0 Å². The molecule has 0 spiro atoms. The van der Waals surface area contributed by atoms with Crippen molar-refractivity contribution in [2.24, 2.45) is 4.99 Å². The van der Waals surface area contributed by atoms with Crippen LogP contribution in [0.5, 0.6) is 0 Å². The molecule has 0 aliphatic heterocycles. The molecule has 7 heteroatoms. The molecule has 0 aliphatic rings. The van der Waals surface area contributed by atoms with Crippen LogP contribution in [-0.4, -0.2) is 33.9 Å². The first-order valence-electron chi connectivity index (χ1n) is 5.69. The molecule has 5 nitrogen and oxygen atoms in total. The molecule has 0 aliphatic carbocycles. The van der Waals surface area contributed by atoms with Crippen LogP contribution in [0.2, 0.25) is 0 Å².